The lowest BCUT2D eigenvalue weighted by Crippen LogP contribution is -2.34. The molecule has 1 N–H and O–H groups in total. The van der Waals surface area contributed by atoms with E-state index >= 15 is 0 Å². The minimum Gasteiger partial charge on any atom is -0.481 e. The fourth-order valence-corrected chi connectivity index (χ4v) is 2.11. The van der Waals surface area contributed by atoms with Crippen LogP contribution in [0.4, 0.5) is 0 Å². The van der Waals surface area contributed by atoms with E-state index in [4.69, 9.17) is 0 Å². The molecule has 0 amide bonds. The Bertz CT molecular complexity index is 519. The lowest BCUT2D eigenvalue weighted by Gasteiger charge is -2.25. The van der Waals surface area contributed by atoms with Gasteiger partial charge in [-0.05, 0) is 24.5 Å². The highest BCUT2D eigenvalue weighted by Crippen LogP contribution is 2.28. The smallest absolute Gasteiger partial charge is 0.314 e. The van der Waals surface area contributed by atoms with Gasteiger partial charge in [0.05, 0.1) is 5.41 Å². The molecule has 2 rings (SSSR count). The zero-order chi connectivity index (χ0) is 13.0. The number of aliphatic carboxylic acids is 1. The van der Waals surface area contributed by atoms with Crippen LogP contribution in [0.25, 0.3) is 0 Å². The van der Waals surface area contributed by atoms with Crippen LogP contribution in [0.1, 0.15) is 18.1 Å². The Kier molecular flexibility index (Phi) is 3.47. The molecule has 0 aliphatic carbocycles. The fourth-order valence-electron chi connectivity index (χ4n) is 2.11. The summed E-state index contributed by atoms with van der Waals surface area (Å²) in [5, 5.41) is 9.55. The highest BCUT2D eigenvalue weighted by atomic mass is 16.4. The maximum atomic E-state index is 11.6. The van der Waals surface area contributed by atoms with Crippen molar-refractivity contribution in [2.45, 2.75) is 18.8 Å². The second-order valence-corrected chi connectivity index (χ2v) is 4.67. The number of carboxylic acid groups (broad SMARTS) is 1. The molecule has 18 heavy (non-hydrogen) atoms. The molecular formula is C16H16O2. The molecule has 0 aliphatic heterocycles. The van der Waals surface area contributed by atoms with Crippen LogP contribution in [-0.2, 0) is 16.6 Å². The largest absolute Gasteiger partial charge is 0.481 e. The Labute approximate surface area is 107 Å². The quantitative estimate of drug-likeness (QED) is 0.890. The van der Waals surface area contributed by atoms with Gasteiger partial charge >= 0.3 is 5.97 Å². The van der Waals surface area contributed by atoms with Crippen molar-refractivity contribution in [2.75, 3.05) is 0 Å². The van der Waals surface area contributed by atoms with Gasteiger partial charge in [-0.1, -0.05) is 60.7 Å². The molecule has 2 heteroatoms. The lowest BCUT2D eigenvalue weighted by atomic mass is 9.77. The number of rotatable bonds is 4. The van der Waals surface area contributed by atoms with Crippen LogP contribution in [-0.4, -0.2) is 11.1 Å². The van der Waals surface area contributed by atoms with Gasteiger partial charge in [0.25, 0.3) is 0 Å². The van der Waals surface area contributed by atoms with Crippen molar-refractivity contribution in [3.05, 3.63) is 71.8 Å². The standard InChI is InChI=1S/C16H16O2/c1-16(15(17)18,14-10-6-3-7-11-14)12-13-8-4-2-5-9-13/h2-11H,12H2,1H3,(H,17,18). The van der Waals surface area contributed by atoms with Crippen LogP contribution in [0.3, 0.4) is 0 Å². The Hall–Kier alpha value is -2.09. The van der Waals surface area contributed by atoms with E-state index in [2.05, 4.69) is 0 Å². The Morgan fingerprint density at radius 1 is 1.00 bits per heavy atom. The van der Waals surface area contributed by atoms with Crippen molar-refractivity contribution in [3.8, 4) is 0 Å². The summed E-state index contributed by atoms with van der Waals surface area (Å²) >= 11 is 0. The summed E-state index contributed by atoms with van der Waals surface area (Å²) in [6, 6.07) is 19.1. The first-order valence-electron chi connectivity index (χ1n) is 5.96. The third kappa shape index (κ3) is 2.43. The average molecular weight is 240 g/mol. The van der Waals surface area contributed by atoms with Crippen molar-refractivity contribution in [1.82, 2.24) is 0 Å². The van der Waals surface area contributed by atoms with Crippen molar-refractivity contribution < 1.29 is 9.90 Å². The summed E-state index contributed by atoms with van der Waals surface area (Å²) in [7, 11) is 0. The molecule has 2 aromatic rings. The maximum Gasteiger partial charge on any atom is 0.314 e. The van der Waals surface area contributed by atoms with Crippen molar-refractivity contribution >= 4 is 5.97 Å². The first-order valence-corrected chi connectivity index (χ1v) is 5.96. The molecule has 0 aliphatic rings. The van der Waals surface area contributed by atoms with Crippen LogP contribution in [0.5, 0.6) is 0 Å². The minimum absolute atomic E-state index is 0.493. The second-order valence-electron chi connectivity index (χ2n) is 4.67. The fraction of sp³-hybridized carbons (Fsp3) is 0.188. The summed E-state index contributed by atoms with van der Waals surface area (Å²) in [4.78, 5) is 11.6. The molecule has 0 saturated carbocycles. The Balaban J connectivity index is 2.37. The van der Waals surface area contributed by atoms with E-state index in [0.29, 0.717) is 6.42 Å². The van der Waals surface area contributed by atoms with Gasteiger partial charge in [0.1, 0.15) is 0 Å². The predicted molar refractivity (Wildman–Crippen MR) is 71.6 cm³/mol. The molecule has 0 saturated heterocycles. The van der Waals surface area contributed by atoms with Crippen LogP contribution in [0, 0.1) is 0 Å². The molecule has 2 aromatic carbocycles. The van der Waals surface area contributed by atoms with Crippen LogP contribution in [0.15, 0.2) is 60.7 Å². The van der Waals surface area contributed by atoms with E-state index < -0.39 is 11.4 Å². The number of carbonyl (C=O) groups is 1. The summed E-state index contributed by atoms with van der Waals surface area (Å²) < 4.78 is 0. The maximum absolute atomic E-state index is 11.6. The molecule has 0 heterocycles. The zero-order valence-electron chi connectivity index (χ0n) is 10.3. The predicted octanol–water partition coefficient (Wildman–Crippen LogP) is 3.27. The molecule has 0 fully saturated rings. The van der Waals surface area contributed by atoms with Gasteiger partial charge in [0, 0.05) is 0 Å². The van der Waals surface area contributed by atoms with Crippen LogP contribution in [0.2, 0.25) is 0 Å². The molecule has 0 spiro atoms. The minimum atomic E-state index is -0.886. The Morgan fingerprint density at radius 2 is 1.50 bits per heavy atom. The third-order valence-electron chi connectivity index (χ3n) is 3.28. The average Bonchev–Trinajstić information content (AvgIpc) is 2.40. The highest BCUT2D eigenvalue weighted by Gasteiger charge is 2.35. The first-order chi connectivity index (χ1) is 8.63. The first kappa shape index (κ1) is 12.4. The van der Waals surface area contributed by atoms with Crippen molar-refractivity contribution in [2.24, 2.45) is 0 Å². The van der Waals surface area contributed by atoms with Crippen molar-refractivity contribution in [3.63, 3.8) is 0 Å². The van der Waals surface area contributed by atoms with E-state index in [1.54, 1.807) is 6.92 Å². The summed E-state index contributed by atoms with van der Waals surface area (Å²) in [6.45, 7) is 1.78. The van der Waals surface area contributed by atoms with E-state index in [1.165, 1.54) is 0 Å². The molecule has 2 nitrogen and oxygen atoms in total. The molecular weight excluding hydrogens is 224 g/mol. The molecule has 0 radical (unpaired) electrons. The number of carboxylic acids is 1. The highest BCUT2D eigenvalue weighted by molar-refractivity contribution is 5.81. The van der Waals surface area contributed by atoms with Crippen LogP contribution < -0.4 is 0 Å². The van der Waals surface area contributed by atoms with Crippen LogP contribution >= 0.6 is 0 Å². The lowest BCUT2D eigenvalue weighted by molar-refractivity contribution is -0.143. The van der Waals surface area contributed by atoms with E-state index in [1.807, 2.05) is 60.7 Å². The summed E-state index contributed by atoms with van der Waals surface area (Å²) in [5.41, 5.74) is 0.982. The number of benzene rings is 2. The summed E-state index contributed by atoms with van der Waals surface area (Å²) in [6.07, 6.45) is 0.493. The molecule has 1 atom stereocenters. The zero-order valence-corrected chi connectivity index (χ0v) is 10.3. The second kappa shape index (κ2) is 5.05. The van der Waals surface area contributed by atoms with E-state index in [-0.39, 0.29) is 0 Å². The SMILES string of the molecule is CC(Cc1ccccc1)(C(=O)O)c1ccccc1. The monoisotopic (exact) mass is 240 g/mol. The number of hydrogen-bond donors (Lipinski definition) is 1. The Morgan fingerprint density at radius 3 is 2.00 bits per heavy atom. The van der Waals surface area contributed by atoms with E-state index in [9.17, 15) is 9.90 Å². The molecule has 1 unspecified atom stereocenters. The molecule has 0 bridgehead atoms. The van der Waals surface area contributed by atoms with Gasteiger partial charge in [-0.15, -0.1) is 0 Å². The van der Waals surface area contributed by atoms with Gasteiger partial charge < -0.3 is 5.11 Å². The van der Waals surface area contributed by atoms with E-state index in [0.717, 1.165) is 11.1 Å². The van der Waals surface area contributed by atoms with Crippen molar-refractivity contribution in [1.29, 1.82) is 0 Å². The van der Waals surface area contributed by atoms with Gasteiger partial charge in [0.15, 0.2) is 0 Å². The topological polar surface area (TPSA) is 37.3 Å². The molecule has 92 valence electrons. The normalized spacial score (nSPS) is 13.8. The van der Waals surface area contributed by atoms with Gasteiger partial charge in [0.2, 0.25) is 0 Å². The third-order valence-corrected chi connectivity index (χ3v) is 3.28. The van der Waals surface area contributed by atoms with Gasteiger partial charge in [-0.2, -0.15) is 0 Å². The number of hydrogen-bond acceptors (Lipinski definition) is 1. The summed E-state index contributed by atoms with van der Waals surface area (Å²) in [5.74, 6) is -0.794. The van der Waals surface area contributed by atoms with Gasteiger partial charge in [-0.3, -0.25) is 4.79 Å². The van der Waals surface area contributed by atoms with Gasteiger partial charge in [-0.25, -0.2) is 0 Å². The molecule has 0 aromatic heterocycles.